The van der Waals surface area contributed by atoms with E-state index in [0.29, 0.717) is 6.42 Å². The fourth-order valence-corrected chi connectivity index (χ4v) is 1.50. The van der Waals surface area contributed by atoms with E-state index in [2.05, 4.69) is 10.2 Å². The van der Waals surface area contributed by atoms with Gasteiger partial charge in [-0.15, -0.1) is 0 Å². The van der Waals surface area contributed by atoms with Crippen molar-refractivity contribution in [1.82, 2.24) is 10.2 Å². The van der Waals surface area contributed by atoms with Crippen LogP contribution in [0.5, 0.6) is 0 Å². The van der Waals surface area contributed by atoms with Gasteiger partial charge in [-0.1, -0.05) is 6.08 Å². The first-order chi connectivity index (χ1) is 6.27. The summed E-state index contributed by atoms with van der Waals surface area (Å²) in [5.74, 6) is 0.175. The number of carbonyl (C=O) groups is 1. The van der Waals surface area contributed by atoms with Gasteiger partial charge >= 0.3 is 0 Å². The number of allylic oxidation sites excluding steroid dienone is 2. The molecule has 68 valence electrons. The predicted molar refractivity (Wildman–Crippen MR) is 50.7 cm³/mol. The lowest BCUT2D eigenvalue weighted by Gasteiger charge is -2.22. The van der Waals surface area contributed by atoms with E-state index in [-0.39, 0.29) is 5.78 Å². The summed E-state index contributed by atoms with van der Waals surface area (Å²) in [6, 6.07) is 0. The number of nitrogens with one attached hydrogen (secondary N) is 1. The van der Waals surface area contributed by atoms with Gasteiger partial charge in [0.1, 0.15) is 0 Å². The third kappa shape index (κ3) is 1.49. The van der Waals surface area contributed by atoms with Crippen LogP contribution in [0.1, 0.15) is 6.42 Å². The monoisotopic (exact) mass is 176 g/mol. The average molecular weight is 176 g/mol. The summed E-state index contributed by atoms with van der Waals surface area (Å²) in [6.07, 6.45) is 8.09. The highest BCUT2D eigenvalue weighted by atomic mass is 16.1. The topological polar surface area (TPSA) is 32.3 Å². The van der Waals surface area contributed by atoms with E-state index in [0.717, 1.165) is 17.9 Å². The Morgan fingerprint density at radius 2 is 2.38 bits per heavy atom. The normalized spacial score (nSPS) is 21.3. The molecule has 1 aliphatic carbocycles. The van der Waals surface area contributed by atoms with Crippen LogP contribution in [0, 0.1) is 0 Å². The van der Waals surface area contributed by atoms with E-state index in [1.165, 1.54) is 0 Å². The smallest absolute Gasteiger partial charge is 0.161 e. The number of ketones is 1. The molecule has 3 heteroatoms. The summed E-state index contributed by atoms with van der Waals surface area (Å²) in [5.41, 5.74) is 2.03. The Labute approximate surface area is 77.4 Å². The van der Waals surface area contributed by atoms with Crippen LogP contribution < -0.4 is 5.32 Å². The third-order valence-electron chi connectivity index (χ3n) is 2.23. The molecule has 2 rings (SSSR count). The maximum atomic E-state index is 11.2. The van der Waals surface area contributed by atoms with Crippen LogP contribution in [0.25, 0.3) is 0 Å². The molecule has 0 unspecified atom stereocenters. The minimum absolute atomic E-state index is 0.175. The summed E-state index contributed by atoms with van der Waals surface area (Å²) in [6.45, 7) is 0.837. The first-order valence-electron chi connectivity index (χ1n) is 4.35. The van der Waals surface area contributed by atoms with Gasteiger partial charge in [0.05, 0.1) is 11.4 Å². The lowest BCUT2D eigenvalue weighted by Crippen LogP contribution is -2.23. The Kier molecular flexibility index (Phi) is 1.93. The van der Waals surface area contributed by atoms with E-state index in [9.17, 15) is 4.79 Å². The largest absolute Gasteiger partial charge is 0.369 e. The highest BCUT2D eigenvalue weighted by Crippen LogP contribution is 2.18. The van der Waals surface area contributed by atoms with Crippen molar-refractivity contribution in [1.29, 1.82) is 0 Å². The van der Waals surface area contributed by atoms with E-state index in [1.807, 2.05) is 25.4 Å². The van der Waals surface area contributed by atoms with Crippen LogP contribution in [0.15, 0.2) is 35.8 Å². The molecule has 2 aliphatic rings. The van der Waals surface area contributed by atoms with Crippen molar-refractivity contribution in [3.63, 3.8) is 0 Å². The molecule has 0 aromatic rings. The number of likely N-dealkylation sites (N-methyl/N-ethyl adjacent to an activating group) is 1. The third-order valence-corrected chi connectivity index (χ3v) is 2.23. The molecule has 0 aromatic carbocycles. The SMILES string of the molecule is CN1CC=CNC2=CCC(=O)C=C21. The van der Waals surface area contributed by atoms with Gasteiger partial charge in [-0.3, -0.25) is 4.79 Å². The van der Waals surface area contributed by atoms with Gasteiger partial charge in [0.15, 0.2) is 5.78 Å². The molecule has 0 amide bonds. The van der Waals surface area contributed by atoms with Crippen molar-refractivity contribution in [2.45, 2.75) is 6.42 Å². The molecule has 0 saturated heterocycles. The van der Waals surface area contributed by atoms with Gasteiger partial charge in [0.2, 0.25) is 0 Å². The Hall–Kier alpha value is -1.51. The van der Waals surface area contributed by atoms with Crippen molar-refractivity contribution in [3.05, 3.63) is 35.8 Å². The zero-order chi connectivity index (χ0) is 9.26. The molecule has 0 bridgehead atoms. The Bertz CT molecular complexity index is 326. The molecule has 13 heavy (non-hydrogen) atoms. The molecule has 0 atom stereocenters. The van der Waals surface area contributed by atoms with Crippen molar-refractivity contribution in [2.75, 3.05) is 13.6 Å². The Morgan fingerprint density at radius 3 is 3.23 bits per heavy atom. The number of rotatable bonds is 0. The van der Waals surface area contributed by atoms with Gasteiger partial charge < -0.3 is 10.2 Å². The number of fused-ring (bicyclic) bond motifs is 1. The van der Waals surface area contributed by atoms with Crippen molar-refractivity contribution >= 4 is 5.78 Å². The lowest BCUT2D eigenvalue weighted by atomic mass is 10.1. The molecule has 0 fully saturated rings. The predicted octanol–water partition coefficient (Wildman–Crippen LogP) is 0.776. The van der Waals surface area contributed by atoms with E-state index >= 15 is 0 Å². The number of hydrogen-bond donors (Lipinski definition) is 1. The Balaban J connectivity index is 2.35. The van der Waals surface area contributed by atoms with Gasteiger partial charge in [0.25, 0.3) is 0 Å². The van der Waals surface area contributed by atoms with Crippen molar-refractivity contribution in [2.24, 2.45) is 0 Å². The molecular formula is C10H12N2O. The summed E-state index contributed by atoms with van der Waals surface area (Å²) in [5, 5.41) is 3.15. The van der Waals surface area contributed by atoms with Crippen molar-refractivity contribution in [3.8, 4) is 0 Å². The molecule has 0 radical (unpaired) electrons. The van der Waals surface area contributed by atoms with E-state index in [4.69, 9.17) is 0 Å². The van der Waals surface area contributed by atoms with Gasteiger partial charge in [0, 0.05) is 26.1 Å². The number of nitrogens with zero attached hydrogens (tertiary/aromatic N) is 1. The summed E-state index contributed by atoms with van der Waals surface area (Å²) >= 11 is 0. The number of hydrogen-bond acceptors (Lipinski definition) is 3. The Morgan fingerprint density at radius 1 is 1.54 bits per heavy atom. The first-order valence-corrected chi connectivity index (χ1v) is 4.35. The molecule has 0 spiro atoms. The quantitative estimate of drug-likeness (QED) is 0.592. The molecule has 0 saturated carbocycles. The molecule has 1 heterocycles. The van der Waals surface area contributed by atoms with Crippen LogP contribution in [0.2, 0.25) is 0 Å². The van der Waals surface area contributed by atoms with Crippen LogP contribution in [-0.4, -0.2) is 24.3 Å². The lowest BCUT2D eigenvalue weighted by molar-refractivity contribution is -0.114. The second-order valence-electron chi connectivity index (χ2n) is 3.25. The summed E-state index contributed by atoms with van der Waals surface area (Å²) in [7, 11) is 1.98. The fraction of sp³-hybridized carbons (Fsp3) is 0.300. The van der Waals surface area contributed by atoms with Gasteiger partial charge in [-0.25, -0.2) is 0 Å². The van der Waals surface area contributed by atoms with Crippen LogP contribution in [0.3, 0.4) is 0 Å². The highest BCUT2D eigenvalue weighted by Gasteiger charge is 2.16. The van der Waals surface area contributed by atoms with E-state index in [1.54, 1.807) is 6.08 Å². The number of carbonyl (C=O) groups excluding carboxylic acids is 1. The van der Waals surface area contributed by atoms with E-state index < -0.39 is 0 Å². The average Bonchev–Trinajstić information content (AvgIpc) is 2.29. The minimum Gasteiger partial charge on any atom is -0.369 e. The first kappa shape index (κ1) is 8.10. The highest BCUT2D eigenvalue weighted by molar-refractivity contribution is 5.93. The van der Waals surface area contributed by atoms with Crippen molar-refractivity contribution < 1.29 is 4.79 Å². The molecule has 0 aromatic heterocycles. The standard InChI is InChI=1S/C10H12N2O/c1-12-6-2-5-11-9-4-3-8(13)7-10(9)12/h2,4-5,7,11H,3,6H2,1H3. The van der Waals surface area contributed by atoms with Gasteiger partial charge in [-0.05, 0) is 12.3 Å². The second kappa shape index (κ2) is 3.09. The maximum absolute atomic E-state index is 11.2. The van der Waals surface area contributed by atoms with Crippen LogP contribution in [0.4, 0.5) is 0 Å². The molecule has 1 N–H and O–H groups in total. The molecule has 3 nitrogen and oxygen atoms in total. The molecular weight excluding hydrogens is 164 g/mol. The maximum Gasteiger partial charge on any atom is 0.161 e. The molecule has 1 aliphatic heterocycles. The fourth-order valence-electron chi connectivity index (χ4n) is 1.50. The van der Waals surface area contributed by atoms with Crippen LogP contribution in [-0.2, 0) is 4.79 Å². The zero-order valence-electron chi connectivity index (χ0n) is 7.58. The summed E-state index contributed by atoms with van der Waals surface area (Å²) < 4.78 is 0. The second-order valence-corrected chi connectivity index (χ2v) is 3.25. The zero-order valence-corrected chi connectivity index (χ0v) is 7.58. The van der Waals surface area contributed by atoms with Gasteiger partial charge in [-0.2, -0.15) is 0 Å². The summed E-state index contributed by atoms with van der Waals surface area (Å²) in [4.78, 5) is 13.2. The minimum atomic E-state index is 0.175. The van der Waals surface area contributed by atoms with Crippen LogP contribution >= 0.6 is 0 Å².